The van der Waals surface area contributed by atoms with Gasteiger partial charge in [-0.3, -0.25) is 4.79 Å². The van der Waals surface area contributed by atoms with E-state index in [0.29, 0.717) is 17.3 Å². The summed E-state index contributed by atoms with van der Waals surface area (Å²) in [7, 11) is -2.00. The molecule has 2 aromatic carbocycles. The fourth-order valence-electron chi connectivity index (χ4n) is 2.89. The van der Waals surface area contributed by atoms with Gasteiger partial charge in [-0.1, -0.05) is 11.6 Å². The summed E-state index contributed by atoms with van der Waals surface area (Å²) in [5.41, 5.74) is 1.83. The van der Waals surface area contributed by atoms with Crippen LogP contribution in [0.1, 0.15) is 12.0 Å². The Bertz CT molecular complexity index is 894. The fraction of sp³-hybridized carbons (Fsp3) is 0.278. The van der Waals surface area contributed by atoms with Crippen LogP contribution in [0.15, 0.2) is 47.4 Å². The average Bonchev–Trinajstić information content (AvgIpc) is 3.03. The highest BCUT2D eigenvalue weighted by molar-refractivity contribution is 7.91. The molecule has 1 aliphatic heterocycles. The Balaban J connectivity index is 1.68. The van der Waals surface area contributed by atoms with Crippen molar-refractivity contribution in [2.45, 2.75) is 17.7 Å². The van der Waals surface area contributed by atoms with Gasteiger partial charge >= 0.3 is 0 Å². The molecule has 0 N–H and O–H groups in total. The molecule has 0 spiro atoms. The molecule has 0 saturated carbocycles. The Morgan fingerprint density at radius 3 is 2.60 bits per heavy atom. The minimum atomic E-state index is -3.52. The first kappa shape index (κ1) is 17.8. The van der Waals surface area contributed by atoms with Gasteiger partial charge in [0.25, 0.3) is 0 Å². The lowest BCUT2D eigenvalue weighted by Gasteiger charge is -2.17. The maximum Gasteiger partial charge on any atom is 0.228 e. The molecule has 25 heavy (non-hydrogen) atoms. The summed E-state index contributed by atoms with van der Waals surface area (Å²) in [4.78, 5) is 14.3. The molecule has 7 heteroatoms. The molecule has 0 radical (unpaired) electrons. The smallest absolute Gasteiger partial charge is 0.228 e. The van der Waals surface area contributed by atoms with Crippen molar-refractivity contribution in [3.63, 3.8) is 0 Å². The van der Waals surface area contributed by atoms with Crippen LogP contribution in [0.25, 0.3) is 0 Å². The van der Waals surface area contributed by atoms with Crippen LogP contribution in [-0.2, 0) is 21.1 Å². The van der Waals surface area contributed by atoms with Crippen LogP contribution in [-0.4, -0.2) is 33.7 Å². The van der Waals surface area contributed by atoms with E-state index in [4.69, 9.17) is 16.3 Å². The number of fused-ring (bicyclic) bond motifs is 1. The Hall–Kier alpha value is -2.05. The highest BCUT2D eigenvalue weighted by Gasteiger charge is 2.26. The first-order chi connectivity index (χ1) is 11.9. The summed E-state index contributed by atoms with van der Waals surface area (Å²) in [5, 5.41) is 0.634. The summed E-state index contributed by atoms with van der Waals surface area (Å²) in [6.45, 7) is 0.553. The van der Waals surface area contributed by atoms with Gasteiger partial charge in [0.1, 0.15) is 5.75 Å². The quantitative estimate of drug-likeness (QED) is 0.800. The van der Waals surface area contributed by atoms with E-state index >= 15 is 0 Å². The fourth-order valence-corrected chi connectivity index (χ4v) is 4.31. The Labute approximate surface area is 152 Å². The molecular formula is C18H18ClNO4S. The van der Waals surface area contributed by atoms with Crippen LogP contribution < -0.4 is 9.64 Å². The molecule has 0 saturated heterocycles. The van der Waals surface area contributed by atoms with Gasteiger partial charge in [-0.25, -0.2) is 8.42 Å². The molecule has 0 fully saturated rings. The summed E-state index contributed by atoms with van der Waals surface area (Å²) >= 11 is 5.97. The van der Waals surface area contributed by atoms with Crippen molar-refractivity contribution in [3.8, 4) is 5.75 Å². The molecule has 1 heterocycles. The van der Waals surface area contributed by atoms with Gasteiger partial charge in [0.2, 0.25) is 5.91 Å². The van der Waals surface area contributed by atoms with Crippen molar-refractivity contribution < 1.29 is 17.9 Å². The number of halogens is 1. The molecular weight excluding hydrogens is 362 g/mol. The number of ether oxygens (including phenoxy) is 1. The van der Waals surface area contributed by atoms with Crippen LogP contribution in [0.3, 0.4) is 0 Å². The van der Waals surface area contributed by atoms with E-state index < -0.39 is 9.84 Å². The lowest BCUT2D eigenvalue weighted by Crippen LogP contribution is -2.30. The zero-order valence-corrected chi connectivity index (χ0v) is 15.3. The number of anilines is 1. The Kier molecular flexibility index (Phi) is 5.01. The predicted molar refractivity (Wildman–Crippen MR) is 97.2 cm³/mol. The molecule has 3 rings (SSSR count). The van der Waals surface area contributed by atoms with Gasteiger partial charge < -0.3 is 9.64 Å². The van der Waals surface area contributed by atoms with Crippen molar-refractivity contribution >= 4 is 33.0 Å². The van der Waals surface area contributed by atoms with Crippen LogP contribution >= 0.6 is 11.6 Å². The van der Waals surface area contributed by atoms with E-state index in [-0.39, 0.29) is 23.0 Å². The lowest BCUT2D eigenvalue weighted by molar-refractivity contribution is -0.118. The number of sulfone groups is 1. The van der Waals surface area contributed by atoms with Crippen molar-refractivity contribution in [2.24, 2.45) is 0 Å². The number of hydrogen-bond donors (Lipinski definition) is 0. The monoisotopic (exact) mass is 379 g/mol. The number of hydrogen-bond acceptors (Lipinski definition) is 4. The summed E-state index contributed by atoms with van der Waals surface area (Å²) in [6, 6.07) is 11.6. The number of amides is 1. The second kappa shape index (κ2) is 7.06. The number of carbonyl (C=O) groups excluding carboxylic acids is 1. The molecule has 1 amide bonds. The van der Waals surface area contributed by atoms with E-state index in [1.54, 1.807) is 29.2 Å². The van der Waals surface area contributed by atoms with Crippen LogP contribution in [0.4, 0.5) is 5.69 Å². The standard InChI is InChI=1S/C18H18ClNO4S/c1-24-15-3-5-16(6-4-15)25(22,23)11-9-18(21)20-10-8-13-12-14(19)2-7-17(13)20/h2-7,12H,8-11H2,1H3. The maximum atomic E-state index is 12.5. The molecule has 1 aliphatic rings. The highest BCUT2D eigenvalue weighted by atomic mass is 35.5. The second-order valence-electron chi connectivity index (χ2n) is 5.81. The molecule has 5 nitrogen and oxygen atoms in total. The largest absolute Gasteiger partial charge is 0.497 e. The van der Waals surface area contributed by atoms with E-state index in [1.807, 2.05) is 6.07 Å². The van der Waals surface area contributed by atoms with E-state index in [2.05, 4.69) is 0 Å². The molecule has 0 atom stereocenters. The number of methoxy groups -OCH3 is 1. The van der Waals surface area contributed by atoms with Crippen molar-refractivity contribution in [1.82, 2.24) is 0 Å². The number of rotatable bonds is 5. The number of carbonyl (C=O) groups is 1. The van der Waals surface area contributed by atoms with Crippen LogP contribution in [0, 0.1) is 0 Å². The minimum Gasteiger partial charge on any atom is -0.497 e. The minimum absolute atomic E-state index is 0.0591. The van der Waals surface area contributed by atoms with E-state index in [9.17, 15) is 13.2 Å². The molecule has 132 valence electrons. The van der Waals surface area contributed by atoms with Gasteiger partial charge in [0, 0.05) is 23.7 Å². The number of benzene rings is 2. The van der Waals surface area contributed by atoms with Gasteiger partial charge in [0.05, 0.1) is 17.8 Å². The Morgan fingerprint density at radius 2 is 1.92 bits per heavy atom. The van der Waals surface area contributed by atoms with Gasteiger partial charge in [-0.15, -0.1) is 0 Å². The van der Waals surface area contributed by atoms with Crippen LogP contribution in [0.5, 0.6) is 5.75 Å². The lowest BCUT2D eigenvalue weighted by atomic mass is 10.2. The van der Waals surface area contributed by atoms with Crippen molar-refractivity contribution in [2.75, 3.05) is 24.3 Å². The first-order valence-corrected chi connectivity index (χ1v) is 9.89. The first-order valence-electron chi connectivity index (χ1n) is 7.86. The molecule has 0 aliphatic carbocycles. The highest BCUT2D eigenvalue weighted by Crippen LogP contribution is 2.31. The average molecular weight is 380 g/mol. The molecule has 2 aromatic rings. The maximum absolute atomic E-state index is 12.5. The molecule has 0 unspecified atom stereocenters. The molecule has 0 aromatic heterocycles. The molecule has 0 bridgehead atoms. The topological polar surface area (TPSA) is 63.7 Å². The Morgan fingerprint density at radius 1 is 1.20 bits per heavy atom. The second-order valence-corrected chi connectivity index (χ2v) is 8.36. The van der Waals surface area contributed by atoms with E-state index in [0.717, 1.165) is 17.7 Å². The third kappa shape index (κ3) is 3.80. The van der Waals surface area contributed by atoms with Crippen molar-refractivity contribution in [3.05, 3.63) is 53.1 Å². The van der Waals surface area contributed by atoms with Gasteiger partial charge in [0.15, 0.2) is 9.84 Å². The number of nitrogens with zero attached hydrogens (tertiary/aromatic N) is 1. The zero-order chi connectivity index (χ0) is 18.0. The van der Waals surface area contributed by atoms with Gasteiger partial charge in [-0.05, 0) is 54.4 Å². The predicted octanol–water partition coefficient (Wildman–Crippen LogP) is 3.10. The third-order valence-electron chi connectivity index (χ3n) is 4.24. The summed E-state index contributed by atoms with van der Waals surface area (Å²) in [6.07, 6.45) is 0.670. The van der Waals surface area contributed by atoms with Gasteiger partial charge in [-0.2, -0.15) is 0 Å². The summed E-state index contributed by atoms with van der Waals surface area (Å²) in [5.74, 6) is 0.165. The zero-order valence-electron chi connectivity index (χ0n) is 13.7. The normalized spacial score (nSPS) is 13.6. The summed E-state index contributed by atoms with van der Waals surface area (Å²) < 4.78 is 29.8. The third-order valence-corrected chi connectivity index (χ3v) is 6.21. The van der Waals surface area contributed by atoms with Crippen LogP contribution in [0.2, 0.25) is 5.02 Å². The SMILES string of the molecule is COc1ccc(S(=O)(=O)CCC(=O)N2CCc3cc(Cl)ccc32)cc1. The van der Waals surface area contributed by atoms with Crippen molar-refractivity contribution in [1.29, 1.82) is 0 Å². The van der Waals surface area contributed by atoms with E-state index in [1.165, 1.54) is 19.2 Å².